The summed E-state index contributed by atoms with van der Waals surface area (Å²) in [6.45, 7) is 0.126. The third-order valence-corrected chi connectivity index (χ3v) is 3.61. The van der Waals surface area contributed by atoms with E-state index in [1.54, 1.807) is 23.0 Å². The SMILES string of the molecule is OCc1ccc(CN=Nc2ncnc3c2cnn3-c2ccccc2)o1. The van der Waals surface area contributed by atoms with Crippen molar-refractivity contribution < 1.29 is 9.52 Å². The summed E-state index contributed by atoms with van der Waals surface area (Å²) in [7, 11) is 0. The van der Waals surface area contributed by atoms with Gasteiger partial charge in [0.05, 0.1) is 17.3 Å². The average Bonchev–Trinajstić information content (AvgIpc) is 3.29. The lowest BCUT2D eigenvalue weighted by atomic mass is 10.3. The van der Waals surface area contributed by atoms with Crippen molar-refractivity contribution >= 4 is 16.9 Å². The minimum absolute atomic E-state index is 0.137. The van der Waals surface area contributed by atoms with Crippen molar-refractivity contribution in [3.63, 3.8) is 0 Å². The Morgan fingerprint density at radius 1 is 1.04 bits per heavy atom. The van der Waals surface area contributed by atoms with E-state index in [-0.39, 0.29) is 13.2 Å². The summed E-state index contributed by atoms with van der Waals surface area (Å²) in [6.07, 6.45) is 3.11. The second-order valence-electron chi connectivity index (χ2n) is 5.25. The molecule has 0 aliphatic rings. The van der Waals surface area contributed by atoms with Crippen LogP contribution in [0.3, 0.4) is 0 Å². The molecule has 8 heteroatoms. The number of para-hydroxylation sites is 1. The van der Waals surface area contributed by atoms with E-state index in [1.807, 2.05) is 30.3 Å². The molecule has 25 heavy (non-hydrogen) atoms. The van der Waals surface area contributed by atoms with Crippen molar-refractivity contribution in [1.29, 1.82) is 0 Å². The Hall–Kier alpha value is -3.39. The van der Waals surface area contributed by atoms with E-state index in [0.29, 0.717) is 28.4 Å². The summed E-state index contributed by atoms with van der Waals surface area (Å²) in [5, 5.41) is 22.4. The van der Waals surface area contributed by atoms with Crippen molar-refractivity contribution in [3.8, 4) is 5.69 Å². The highest BCUT2D eigenvalue weighted by molar-refractivity contribution is 5.85. The molecule has 3 aromatic heterocycles. The molecule has 0 aliphatic carbocycles. The molecule has 0 saturated carbocycles. The zero-order chi connectivity index (χ0) is 17.1. The highest BCUT2D eigenvalue weighted by Gasteiger charge is 2.10. The van der Waals surface area contributed by atoms with E-state index in [1.165, 1.54) is 6.33 Å². The van der Waals surface area contributed by atoms with Gasteiger partial charge >= 0.3 is 0 Å². The number of furan rings is 1. The largest absolute Gasteiger partial charge is 0.462 e. The topological polar surface area (TPSA) is 102 Å². The molecule has 4 aromatic rings. The summed E-state index contributed by atoms with van der Waals surface area (Å²) < 4.78 is 7.10. The first-order chi connectivity index (χ1) is 12.3. The molecular formula is C17H14N6O2. The molecule has 0 amide bonds. The molecule has 4 rings (SSSR count). The fourth-order valence-corrected chi connectivity index (χ4v) is 2.43. The molecule has 0 spiro atoms. The Labute approximate surface area is 142 Å². The highest BCUT2D eigenvalue weighted by atomic mass is 16.4. The van der Waals surface area contributed by atoms with Crippen LogP contribution >= 0.6 is 0 Å². The number of hydrogen-bond donors (Lipinski definition) is 1. The summed E-state index contributed by atoms with van der Waals surface area (Å²) in [4.78, 5) is 8.47. The quantitative estimate of drug-likeness (QED) is 0.565. The van der Waals surface area contributed by atoms with E-state index in [4.69, 9.17) is 9.52 Å². The van der Waals surface area contributed by atoms with Crippen molar-refractivity contribution in [2.75, 3.05) is 0 Å². The minimum Gasteiger partial charge on any atom is -0.462 e. The maximum absolute atomic E-state index is 9.00. The Morgan fingerprint density at radius 2 is 1.88 bits per heavy atom. The van der Waals surface area contributed by atoms with Crippen LogP contribution < -0.4 is 0 Å². The fourth-order valence-electron chi connectivity index (χ4n) is 2.43. The summed E-state index contributed by atoms with van der Waals surface area (Å²) in [6, 6.07) is 13.2. The second-order valence-corrected chi connectivity index (χ2v) is 5.25. The van der Waals surface area contributed by atoms with E-state index < -0.39 is 0 Å². The Balaban J connectivity index is 1.62. The predicted octanol–water partition coefficient (Wildman–Crippen LogP) is 3.18. The maximum atomic E-state index is 9.00. The maximum Gasteiger partial charge on any atom is 0.188 e. The molecule has 1 aromatic carbocycles. The van der Waals surface area contributed by atoms with Crippen LogP contribution in [0.5, 0.6) is 0 Å². The molecule has 0 saturated heterocycles. The van der Waals surface area contributed by atoms with Crippen molar-refractivity contribution in [2.45, 2.75) is 13.2 Å². The lowest BCUT2D eigenvalue weighted by Gasteiger charge is -2.01. The number of hydrogen-bond acceptors (Lipinski definition) is 7. The summed E-state index contributed by atoms with van der Waals surface area (Å²) >= 11 is 0. The number of nitrogens with zero attached hydrogens (tertiary/aromatic N) is 6. The monoisotopic (exact) mass is 334 g/mol. The first-order valence-corrected chi connectivity index (χ1v) is 7.65. The van der Waals surface area contributed by atoms with Crippen molar-refractivity contribution in [1.82, 2.24) is 19.7 Å². The van der Waals surface area contributed by atoms with Gasteiger partial charge in [0.15, 0.2) is 11.5 Å². The van der Waals surface area contributed by atoms with Gasteiger partial charge in [-0.25, -0.2) is 14.6 Å². The smallest absolute Gasteiger partial charge is 0.188 e. The summed E-state index contributed by atoms with van der Waals surface area (Å²) in [5.74, 6) is 1.57. The Kier molecular flexibility index (Phi) is 4.01. The van der Waals surface area contributed by atoms with Crippen LogP contribution in [-0.2, 0) is 13.2 Å². The molecule has 0 radical (unpaired) electrons. The van der Waals surface area contributed by atoms with Crippen LogP contribution in [-0.4, -0.2) is 24.9 Å². The van der Waals surface area contributed by atoms with Crippen molar-refractivity contribution in [2.24, 2.45) is 10.2 Å². The van der Waals surface area contributed by atoms with Crippen LogP contribution in [0.2, 0.25) is 0 Å². The van der Waals surface area contributed by atoms with Gasteiger partial charge in [-0.15, -0.1) is 5.11 Å². The minimum atomic E-state index is -0.137. The number of fused-ring (bicyclic) bond motifs is 1. The van der Waals surface area contributed by atoms with Crippen LogP contribution in [0.15, 0.2) is 69.6 Å². The molecule has 124 valence electrons. The third kappa shape index (κ3) is 3.02. The van der Waals surface area contributed by atoms with Gasteiger partial charge < -0.3 is 9.52 Å². The lowest BCUT2D eigenvalue weighted by molar-refractivity contribution is 0.243. The molecule has 0 atom stereocenters. The molecule has 1 N–H and O–H groups in total. The zero-order valence-corrected chi connectivity index (χ0v) is 13.1. The third-order valence-electron chi connectivity index (χ3n) is 3.61. The zero-order valence-electron chi connectivity index (χ0n) is 13.1. The molecule has 0 bridgehead atoms. The van der Waals surface area contributed by atoms with Gasteiger partial charge in [0, 0.05) is 0 Å². The van der Waals surface area contributed by atoms with Crippen LogP contribution in [0, 0.1) is 0 Å². The van der Waals surface area contributed by atoms with Crippen LogP contribution in [0.4, 0.5) is 5.82 Å². The van der Waals surface area contributed by atoms with Crippen LogP contribution in [0.25, 0.3) is 16.7 Å². The number of aliphatic hydroxyl groups excluding tert-OH is 1. The van der Waals surface area contributed by atoms with Gasteiger partial charge in [-0.05, 0) is 24.3 Å². The van der Waals surface area contributed by atoms with Gasteiger partial charge in [0.25, 0.3) is 0 Å². The first kappa shape index (κ1) is 15.2. The van der Waals surface area contributed by atoms with E-state index >= 15 is 0 Å². The molecule has 8 nitrogen and oxygen atoms in total. The van der Waals surface area contributed by atoms with Crippen LogP contribution in [0.1, 0.15) is 11.5 Å². The molecule has 0 aliphatic heterocycles. The van der Waals surface area contributed by atoms with E-state index in [2.05, 4.69) is 25.3 Å². The van der Waals surface area contributed by atoms with Gasteiger partial charge in [-0.2, -0.15) is 10.2 Å². The van der Waals surface area contributed by atoms with Crippen molar-refractivity contribution in [3.05, 3.63) is 66.5 Å². The van der Waals surface area contributed by atoms with Gasteiger partial charge in [0.1, 0.15) is 31.0 Å². The normalized spacial score (nSPS) is 11.6. The van der Waals surface area contributed by atoms with Gasteiger partial charge in [-0.3, -0.25) is 0 Å². The number of aromatic nitrogens is 4. The number of benzene rings is 1. The average molecular weight is 334 g/mol. The first-order valence-electron chi connectivity index (χ1n) is 7.65. The van der Waals surface area contributed by atoms with E-state index in [9.17, 15) is 0 Å². The second kappa shape index (κ2) is 6.62. The highest BCUT2D eigenvalue weighted by Crippen LogP contribution is 2.24. The lowest BCUT2D eigenvalue weighted by Crippen LogP contribution is -1.96. The predicted molar refractivity (Wildman–Crippen MR) is 89.5 cm³/mol. The fraction of sp³-hybridized carbons (Fsp3) is 0.118. The number of aliphatic hydroxyl groups is 1. The van der Waals surface area contributed by atoms with Gasteiger partial charge in [-0.1, -0.05) is 18.2 Å². The van der Waals surface area contributed by atoms with E-state index in [0.717, 1.165) is 5.69 Å². The Bertz CT molecular complexity index is 1020. The number of rotatable bonds is 5. The molecular weight excluding hydrogens is 320 g/mol. The Morgan fingerprint density at radius 3 is 2.68 bits per heavy atom. The standard InChI is InChI=1S/C17H14N6O2/c24-10-14-7-6-13(25-14)8-20-22-16-15-9-21-23(17(15)19-11-18-16)12-4-2-1-3-5-12/h1-7,9,11,24H,8,10H2. The molecule has 0 unspecified atom stereocenters. The number of azo groups is 1. The molecule has 3 heterocycles. The molecule has 0 fully saturated rings. The summed E-state index contributed by atoms with van der Waals surface area (Å²) in [5.41, 5.74) is 1.57. The van der Waals surface area contributed by atoms with Gasteiger partial charge in [0.2, 0.25) is 0 Å².